The summed E-state index contributed by atoms with van der Waals surface area (Å²) in [6.07, 6.45) is 0.876. The van der Waals surface area contributed by atoms with Gasteiger partial charge in [-0.05, 0) is 20.5 Å². The van der Waals surface area contributed by atoms with E-state index in [0.717, 1.165) is 36.7 Å². The van der Waals surface area contributed by atoms with Gasteiger partial charge in [-0.25, -0.2) is 0 Å². The highest BCUT2D eigenvalue weighted by atomic mass is 15.4. The molecule has 1 heterocycles. The Kier molecular flexibility index (Phi) is 4.18. The molecule has 5 nitrogen and oxygen atoms in total. The third kappa shape index (κ3) is 2.66. The molecule has 0 unspecified atom stereocenters. The molecule has 2 N–H and O–H groups in total. The summed E-state index contributed by atoms with van der Waals surface area (Å²) in [5.74, 6) is 1.01. The van der Waals surface area contributed by atoms with E-state index in [-0.39, 0.29) is 0 Å². The predicted octanol–water partition coefficient (Wildman–Crippen LogP) is 0.563. The van der Waals surface area contributed by atoms with Crippen molar-refractivity contribution in [3.05, 3.63) is 5.69 Å². The summed E-state index contributed by atoms with van der Waals surface area (Å²) in [5.41, 5.74) is 7.88. The largest absolute Gasteiger partial charge is 0.394 e. The number of likely N-dealkylation sites (N-methyl/N-ethyl adjacent to an activating group) is 2. The van der Waals surface area contributed by atoms with Gasteiger partial charge in [0, 0.05) is 27.2 Å². The van der Waals surface area contributed by atoms with E-state index in [0.29, 0.717) is 0 Å². The van der Waals surface area contributed by atoms with E-state index in [1.165, 1.54) is 0 Å². The van der Waals surface area contributed by atoms with Crippen LogP contribution in [0.5, 0.6) is 0 Å². The van der Waals surface area contributed by atoms with Gasteiger partial charge in [0.25, 0.3) is 0 Å². The monoisotopic (exact) mass is 225 g/mol. The quantitative estimate of drug-likeness (QED) is 0.795. The molecule has 0 aliphatic carbocycles. The average molecular weight is 225 g/mol. The van der Waals surface area contributed by atoms with Gasteiger partial charge in [-0.1, -0.05) is 6.92 Å². The Morgan fingerprint density at radius 3 is 2.31 bits per heavy atom. The fourth-order valence-electron chi connectivity index (χ4n) is 1.76. The number of anilines is 2. The molecular weight excluding hydrogens is 202 g/mol. The van der Waals surface area contributed by atoms with Crippen LogP contribution < -0.4 is 10.6 Å². The molecule has 0 amide bonds. The highest BCUT2D eigenvalue weighted by Crippen LogP contribution is 2.25. The number of hydrogen-bond donors (Lipinski definition) is 1. The molecular formula is C11H23N5. The highest BCUT2D eigenvalue weighted by Gasteiger charge is 2.15. The van der Waals surface area contributed by atoms with Gasteiger partial charge < -0.3 is 15.5 Å². The zero-order valence-electron chi connectivity index (χ0n) is 11.0. The summed E-state index contributed by atoms with van der Waals surface area (Å²) in [4.78, 5) is 4.31. The van der Waals surface area contributed by atoms with Gasteiger partial charge in [0.05, 0.1) is 11.4 Å². The molecule has 0 saturated heterocycles. The zero-order valence-corrected chi connectivity index (χ0v) is 11.0. The van der Waals surface area contributed by atoms with E-state index in [9.17, 15) is 0 Å². The smallest absolute Gasteiger partial charge is 0.150 e. The van der Waals surface area contributed by atoms with Crippen molar-refractivity contribution >= 4 is 11.5 Å². The maximum absolute atomic E-state index is 6.08. The fourth-order valence-corrected chi connectivity index (χ4v) is 1.76. The Morgan fingerprint density at radius 2 is 1.88 bits per heavy atom. The van der Waals surface area contributed by atoms with Crippen molar-refractivity contribution in [2.24, 2.45) is 7.05 Å². The molecule has 0 spiro atoms. The summed E-state index contributed by atoms with van der Waals surface area (Å²) in [7, 11) is 8.13. The molecule has 1 aromatic heterocycles. The van der Waals surface area contributed by atoms with Crippen LogP contribution in [-0.2, 0) is 13.5 Å². The van der Waals surface area contributed by atoms with E-state index in [1.54, 1.807) is 0 Å². The van der Waals surface area contributed by atoms with Gasteiger partial charge >= 0.3 is 0 Å². The number of nitrogens with zero attached hydrogens (tertiary/aromatic N) is 4. The van der Waals surface area contributed by atoms with Crippen molar-refractivity contribution in [3.63, 3.8) is 0 Å². The minimum absolute atomic E-state index is 0.811. The molecule has 16 heavy (non-hydrogen) atoms. The molecule has 0 atom stereocenters. The minimum atomic E-state index is 0.811. The summed E-state index contributed by atoms with van der Waals surface area (Å²) in [6.45, 7) is 4.02. The van der Waals surface area contributed by atoms with Crippen molar-refractivity contribution in [1.29, 1.82) is 0 Å². The molecule has 0 bridgehead atoms. The molecule has 0 aliphatic heterocycles. The van der Waals surface area contributed by atoms with Gasteiger partial charge in [-0.3, -0.25) is 4.68 Å². The second-order valence-corrected chi connectivity index (χ2v) is 4.39. The number of hydrogen-bond acceptors (Lipinski definition) is 4. The Bertz CT molecular complexity index is 342. The van der Waals surface area contributed by atoms with Crippen molar-refractivity contribution in [2.45, 2.75) is 13.3 Å². The summed E-state index contributed by atoms with van der Waals surface area (Å²) in [6, 6.07) is 0. The average Bonchev–Trinajstić information content (AvgIpc) is 2.50. The van der Waals surface area contributed by atoms with Crippen LogP contribution in [0.25, 0.3) is 0 Å². The zero-order chi connectivity index (χ0) is 12.3. The molecule has 0 saturated carbocycles. The lowest BCUT2D eigenvalue weighted by molar-refractivity contribution is 0.415. The lowest BCUT2D eigenvalue weighted by Gasteiger charge is -2.21. The van der Waals surface area contributed by atoms with Crippen LogP contribution in [0.2, 0.25) is 0 Å². The molecule has 0 aliphatic rings. The maximum atomic E-state index is 6.08. The van der Waals surface area contributed by atoms with Gasteiger partial charge in [-0.2, -0.15) is 5.10 Å². The summed E-state index contributed by atoms with van der Waals surface area (Å²) in [5, 5.41) is 4.41. The van der Waals surface area contributed by atoms with Crippen LogP contribution in [0.3, 0.4) is 0 Å². The third-order valence-corrected chi connectivity index (χ3v) is 2.71. The number of rotatable bonds is 5. The van der Waals surface area contributed by atoms with Gasteiger partial charge in [0.1, 0.15) is 5.82 Å². The fraction of sp³-hybridized carbons (Fsp3) is 0.727. The second-order valence-electron chi connectivity index (χ2n) is 4.39. The van der Waals surface area contributed by atoms with E-state index in [1.807, 2.05) is 11.7 Å². The molecule has 92 valence electrons. The Hall–Kier alpha value is -1.23. The Balaban J connectivity index is 2.82. The normalized spacial score (nSPS) is 11.1. The number of nitrogens with two attached hydrogens (primary N) is 1. The molecule has 0 radical (unpaired) electrons. The van der Waals surface area contributed by atoms with E-state index >= 15 is 0 Å². The molecule has 1 aromatic rings. The third-order valence-electron chi connectivity index (χ3n) is 2.71. The molecule has 1 rings (SSSR count). The first-order chi connectivity index (χ1) is 7.47. The van der Waals surface area contributed by atoms with Crippen LogP contribution in [0, 0.1) is 0 Å². The number of nitrogen functional groups attached to an aromatic ring is 1. The first-order valence-corrected chi connectivity index (χ1v) is 5.64. The Morgan fingerprint density at radius 1 is 1.25 bits per heavy atom. The summed E-state index contributed by atoms with van der Waals surface area (Å²) >= 11 is 0. The number of aryl methyl sites for hydroxylation is 2. The van der Waals surface area contributed by atoms with Gasteiger partial charge in [0.15, 0.2) is 0 Å². The van der Waals surface area contributed by atoms with E-state index < -0.39 is 0 Å². The van der Waals surface area contributed by atoms with Crippen molar-refractivity contribution in [1.82, 2.24) is 14.7 Å². The molecule has 0 fully saturated rings. The van der Waals surface area contributed by atoms with Crippen molar-refractivity contribution in [3.8, 4) is 0 Å². The standard InChI is InChI=1S/C11H23N5/c1-6-9-10(12)11(16(5)13-9)15(4)8-7-14(2)3/h6-8,12H2,1-5H3. The van der Waals surface area contributed by atoms with Crippen molar-refractivity contribution in [2.75, 3.05) is 44.9 Å². The first kappa shape index (κ1) is 12.8. The predicted molar refractivity (Wildman–Crippen MR) is 68.8 cm³/mol. The molecule has 0 aromatic carbocycles. The second kappa shape index (κ2) is 5.21. The van der Waals surface area contributed by atoms with Crippen LogP contribution in [0.15, 0.2) is 0 Å². The lowest BCUT2D eigenvalue weighted by Crippen LogP contribution is -2.30. The lowest BCUT2D eigenvalue weighted by atomic mass is 10.3. The van der Waals surface area contributed by atoms with Gasteiger partial charge in [0.2, 0.25) is 0 Å². The highest BCUT2D eigenvalue weighted by molar-refractivity contribution is 5.66. The van der Waals surface area contributed by atoms with Crippen LogP contribution in [0.4, 0.5) is 11.5 Å². The minimum Gasteiger partial charge on any atom is -0.394 e. The topological polar surface area (TPSA) is 50.3 Å². The van der Waals surface area contributed by atoms with Crippen LogP contribution in [-0.4, -0.2) is 48.9 Å². The van der Waals surface area contributed by atoms with Crippen LogP contribution >= 0.6 is 0 Å². The van der Waals surface area contributed by atoms with Gasteiger partial charge in [-0.15, -0.1) is 0 Å². The maximum Gasteiger partial charge on any atom is 0.150 e. The number of aromatic nitrogens is 2. The first-order valence-electron chi connectivity index (χ1n) is 5.64. The van der Waals surface area contributed by atoms with Crippen LogP contribution in [0.1, 0.15) is 12.6 Å². The Labute approximate surface area is 97.8 Å². The van der Waals surface area contributed by atoms with E-state index in [2.05, 4.69) is 43.0 Å². The van der Waals surface area contributed by atoms with Crippen molar-refractivity contribution < 1.29 is 0 Å². The van der Waals surface area contributed by atoms with E-state index in [4.69, 9.17) is 5.73 Å². The summed E-state index contributed by atoms with van der Waals surface area (Å²) < 4.78 is 1.86. The molecule has 5 heteroatoms. The SMILES string of the molecule is CCc1nn(C)c(N(C)CCN(C)C)c1N.